The number of fused-ring (bicyclic) bond motifs is 5. The van der Waals surface area contributed by atoms with Crippen LogP contribution in [0.4, 0.5) is 11.4 Å². The number of imide groups is 1. The minimum atomic E-state index is -0.702. The fourth-order valence-electron chi connectivity index (χ4n) is 5.23. The van der Waals surface area contributed by atoms with Crippen LogP contribution in [-0.4, -0.2) is 30.3 Å². The zero-order chi connectivity index (χ0) is 22.4. The first-order valence-corrected chi connectivity index (χ1v) is 10.6. The molecule has 0 aromatic heterocycles. The second-order valence-corrected chi connectivity index (χ2v) is 8.52. The third kappa shape index (κ3) is 3.30. The van der Waals surface area contributed by atoms with E-state index < -0.39 is 18.5 Å². The van der Waals surface area contributed by atoms with Crippen molar-refractivity contribution in [1.82, 2.24) is 0 Å². The van der Waals surface area contributed by atoms with Crippen LogP contribution in [0.5, 0.6) is 0 Å². The summed E-state index contributed by atoms with van der Waals surface area (Å²) in [4.78, 5) is 51.9. The molecule has 2 aromatic rings. The van der Waals surface area contributed by atoms with E-state index in [0.29, 0.717) is 11.4 Å². The number of carbonyl (C=O) groups excluding carboxylic acids is 4. The molecule has 3 aliphatic rings. The monoisotopic (exact) mass is 430 g/mol. The fourth-order valence-corrected chi connectivity index (χ4v) is 5.23. The lowest BCUT2D eigenvalue weighted by Crippen LogP contribution is -2.33. The van der Waals surface area contributed by atoms with Gasteiger partial charge in [-0.25, -0.2) is 9.69 Å². The number of hydrogen-bond donors (Lipinski definition) is 1. The number of rotatable bonds is 5. The normalized spacial score (nSPS) is 25.5. The third-order valence-electron chi connectivity index (χ3n) is 6.61. The van der Waals surface area contributed by atoms with Crippen LogP contribution in [-0.2, 0) is 19.1 Å². The molecule has 2 aromatic carbocycles. The van der Waals surface area contributed by atoms with Crippen molar-refractivity contribution in [2.45, 2.75) is 13.3 Å². The van der Waals surface area contributed by atoms with Crippen LogP contribution in [0.15, 0.2) is 66.2 Å². The zero-order valence-electron chi connectivity index (χ0n) is 17.5. The van der Waals surface area contributed by atoms with Crippen molar-refractivity contribution in [1.29, 1.82) is 0 Å². The van der Waals surface area contributed by atoms with Gasteiger partial charge < -0.3 is 10.1 Å². The Morgan fingerprint density at radius 2 is 1.78 bits per heavy atom. The number of nitrogens with one attached hydrogen (secondary N) is 1. The van der Waals surface area contributed by atoms with Gasteiger partial charge in [0.1, 0.15) is 0 Å². The van der Waals surface area contributed by atoms with Crippen molar-refractivity contribution in [2.24, 2.45) is 23.7 Å². The van der Waals surface area contributed by atoms with Gasteiger partial charge in [0.15, 0.2) is 6.61 Å². The van der Waals surface area contributed by atoms with Gasteiger partial charge in [-0.1, -0.05) is 35.9 Å². The number of anilines is 2. The van der Waals surface area contributed by atoms with E-state index in [9.17, 15) is 19.2 Å². The molecule has 1 saturated heterocycles. The number of carbonyl (C=O) groups is 4. The lowest BCUT2D eigenvalue weighted by molar-refractivity contribution is -0.123. The molecule has 2 aliphatic carbocycles. The van der Waals surface area contributed by atoms with Crippen LogP contribution < -0.4 is 10.2 Å². The predicted octanol–water partition coefficient (Wildman–Crippen LogP) is 3.18. The van der Waals surface area contributed by atoms with Crippen molar-refractivity contribution >= 4 is 35.1 Å². The summed E-state index contributed by atoms with van der Waals surface area (Å²) >= 11 is 0. The Hall–Kier alpha value is -3.74. The van der Waals surface area contributed by atoms with Gasteiger partial charge in [-0.3, -0.25) is 14.4 Å². The summed E-state index contributed by atoms with van der Waals surface area (Å²) in [6.07, 6.45) is 2.98. The number of benzene rings is 2. The van der Waals surface area contributed by atoms with Crippen molar-refractivity contribution in [3.8, 4) is 0 Å². The smallest absolute Gasteiger partial charge is 0.338 e. The van der Waals surface area contributed by atoms with Crippen LogP contribution in [0.1, 0.15) is 23.7 Å². The average molecular weight is 430 g/mol. The maximum absolute atomic E-state index is 13.1. The van der Waals surface area contributed by atoms with E-state index in [1.165, 1.54) is 22.6 Å². The molecule has 0 unspecified atom stereocenters. The molecule has 7 nitrogen and oxygen atoms in total. The summed E-state index contributed by atoms with van der Waals surface area (Å²) in [6, 6.07) is 15.1. The molecule has 4 atom stereocenters. The second kappa shape index (κ2) is 7.75. The van der Waals surface area contributed by atoms with Crippen LogP contribution in [0, 0.1) is 23.7 Å². The number of nitrogens with zero attached hydrogens (tertiary/aromatic N) is 1. The number of allylic oxidation sites excluding steroid dienone is 2. The van der Waals surface area contributed by atoms with Crippen molar-refractivity contribution < 1.29 is 23.9 Å². The molecule has 162 valence electrons. The fraction of sp³-hybridized carbons (Fsp3) is 0.280. The number of ether oxygens (including phenoxy) is 1. The maximum atomic E-state index is 13.1. The molecule has 1 saturated carbocycles. The Labute approximate surface area is 185 Å². The Balaban J connectivity index is 1.27. The molecule has 0 radical (unpaired) electrons. The molecule has 5 rings (SSSR count). The molecule has 0 spiro atoms. The Morgan fingerprint density at radius 1 is 1.03 bits per heavy atom. The van der Waals surface area contributed by atoms with Gasteiger partial charge in [0.2, 0.25) is 11.8 Å². The number of esters is 1. The maximum Gasteiger partial charge on any atom is 0.338 e. The molecule has 3 amide bonds. The highest BCUT2D eigenvalue weighted by atomic mass is 16.5. The zero-order valence-corrected chi connectivity index (χ0v) is 17.5. The van der Waals surface area contributed by atoms with Crippen LogP contribution in [0.25, 0.3) is 0 Å². The van der Waals surface area contributed by atoms with Crippen LogP contribution in [0.2, 0.25) is 0 Å². The third-order valence-corrected chi connectivity index (χ3v) is 6.61. The van der Waals surface area contributed by atoms with Gasteiger partial charge in [0.05, 0.1) is 23.1 Å². The van der Waals surface area contributed by atoms with E-state index in [1.54, 1.807) is 36.4 Å². The molecular formula is C25H22N2O5. The SMILES string of the molecule is CC1=C[C@H]2C[C@H]1[C@@H]1C(=O)N(c3cccc(C(=O)OCC(=O)Nc4ccccc4)c3)C(=O)[C@H]12. The quantitative estimate of drug-likeness (QED) is 0.447. The molecule has 2 fully saturated rings. The van der Waals surface area contributed by atoms with E-state index in [0.717, 1.165) is 6.42 Å². The Morgan fingerprint density at radius 3 is 2.56 bits per heavy atom. The number of hydrogen-bond acceptors (Lipinski definition) is 5. The van der Waals surface area contributed by atoms with E-state index in [1.807, 2.05) is 13.0 Å². The van der Waals surface area contributed by atoms with E-state index in [4.69, 9.17) is 4.74 Å². The van der Waals surface area contributed by atoms with Gasteiger partial charge in [-0.15, -0.1) is 0 Å². The first-order valence-electron chi connectivity index (χ1n) is 10.6. The van der Waals surface area contributed by atoms with Gasteiger partial charge in [0, 0.05) is 5.69 Å². The number of amides is 3. The highest BCUT2D eigenvalue weighted by Crippen LogP contribution is 2.55. The Kier molecular flexibility index (Phi) is 4.89. The van der Waals surface area contributed by atoms with Gasteiger partial charge in [0.25, 0.3) is 5.91 Å². The highest BCUT2D eigenvalue weighted by Gasteiger charge is 2.60. The molecular weight excluding hydrogens is 408 g/mol. The van der Waals surface area contributed by atoms with Crippen molar-refractivity contribution in [3.63, 3.8) is 0 Å². The van der Waals surface area contributed by atoms with Crippen molar-refractivity contribution in [2.75, 3.05) is 16.8 Å². The first-order chi connectivity index (χ1) is 15.4. The summed E-state index contributed by atoms with van der Waals surface area (Å²) in [6.45, 7) is 1.57. The molecule has 32 heavy (non-hydrogen) atoms. The lowest BCUT2D eigenvalue weighted by atomic mass is 9.82. The van der Waals surface area contributed by atoms with E-state index in [2.05, 4.69) is 11.4 Å². The summed E-state index contributed by atoms with van der Waals surface area (Å²) in [5.41, 5.74) is 2.32. The Bertz CT molecular complexity index is 1160. The van der Waals surface area contributed by atoms with Gasteiger partial charge in [-0.2, -0.15) is 0 Å². The summed E-state index contributed by atoms with van der Waals surface area (Å²) in [5, 5.41) is 2.64. The first kappa shape index (κ1) is 20.2. The topological polar surface area (TPSA) is 92.8 Å². The highest BCUT2D eigenvalue weighted by molar-refractivity contribution is 6.23. The average Bonchev–Trinajstić information content (AvgIpc) is 3.43. The molecule has 7 heteroatoms. The molecule has 1 heterocycles. The molecule has 1 N–H and O–H groups in total. The summed E-state index contributed by atoms with van der Waals surface area (Å²) in [5.74, 6) is -1.95. The minimum absolute atomic E-state index is 0.114. The van der Waals surface area contributed by atoms with E-state index in [-0.39, 0.29) is 41.0 Å². The largest absolute Gasteiger partial charge is 0.452 e. The van der Waals surface area contributed by atoms with Crippen LogP contribution >= 0.6 is 0 Å². The number of para-hydroxylation sites is 1. The molecule has 2 bridgehead atoms. The lowest BCUT2D eigenvalue weighted by Gasteiger charge is -2.19. The minimum Gasteiger partial charge on any atom is -0.452 e. The standard InChI is InChI=1S/C25H22N2O5/c1-14-10-16-12-19(14)22-21(16)23(29)27(24(22)30)18-9-5-6-15(11-18)25(31)32-13-20(28)26-17-7-3-2-4-8-17/h2-11,16,19,21-22H,12-13H2,1H3,(H,26,28)/t16-,19+,21-,22-/m0/s1. The summed E-state index contributed by atoms with van der Waals surface area (Å²) in [7, 11) is 0. The summed E-state index contributed by atoms with van der Waals surface area (Å²) < 4.78 is 5.12. The van der Waals surface area contributed by atoms with Gasteiger partial charge in [-0.05, 0) is 55.5 Å². The second-order valence-electron chi connectivity index (χ2n) is 8.52. The van der Waals surface area contributed by atoms with Gasteiger partial charge >= 0.3 is 5.97 Å². The van der Waals surface area contributed by atoms with E-state index >= 15 is 0 Å². The van der Waals surface area contributed by atoms with Crippen LogP contribution in [0.3, 0.4) is 0 Å². The predicted molar refractivity (Wildman–Crippen MR) is 117 cm³/mol. The van der Waals surface area contributed by atoms with Crippen molar-refractivity contribution in [3.05, 3.63) is 71.8 Å². The molecule has 1 aliphatic heterocycles.